The van der Waals surface area contributed by atoms with Gasteiger partial charge in [-0.15, -0.1) is 0 Å². The lowest BCUT2D eigenvalue weighted by Gasteiger charge is -2.33. The first-order valence-electron chi connectivity index (χ1n) is 14.7. The molecule has 2 heterocycles. The standard InChI is InChI=1S/C34H38N4O5S/c1-23(2)18-28-22-43-31-20-30(32-24(3)10-8-11-25(32)4)35-34(36-31)37-44(40,41)29-15-9-14-27(19-29)33(39)38(28)16-17-42-21-26-12-6-5-7-13-26/h5-15,19-20,23,28H,16-18,21-22H2,1-4H3,(H,35,36,37)/t28-/m1/s1. The fourth-order valence-electron chi connectivity index (χ4n) is 5.42. The van der Waals surface area contributed by atoms with Crippen molar-refractivity contribution in [2.45, 2.75) is 51.7 Å². The highest BCUT2D eigenvalue weighted by Gasteiger charge is 2.29. The molecule has 10 heteroatoms. The Hall–Kier alpha value is -4.28. The molecule has 1 aromatic heterocycles. The molecular weight excluding hydrogens is 576 g/mol. The van der Waals surface area contributed by atoms with E-state index < -0.39 is 10.0 Å². The third-order valence-electron chi connectivity index (χ3n) is 7.51. The van der Waals surface area contributed by atoms with Crippen LogP contribution >= 0.6 is 0 Å². The van der Waals surface area contributed by atoms with E-state index in [0.717, 1.165) is 22.3 Å². The number of fused-ring (bicyclic) bond motifs is 4. The lowest BCUT2D eigenvalue weighted by Crippen LogP contribution is -2.46. The van der Waals surface area contributed by atoms with Crippen molar-refractivity contribution in [3.63, 3.8) is 0 Å². The molecule has 0 unspecified atom stereocenters. The van der Waals surface area contributed by atoms with Crippen LogP contribution < -0.4 is 9.46 Å². The second kappa shape index (κ2) is 13.6. The van der Waals surface area contributed by atoms with E-state index >= 15 is 0 Å². The molecule has 1 aliphatic heterocycles. The molecule has 0 saturated heterocycles. The first-order valence-corrected chi connectivity index (χ1v) is 16.2. The quantitative estimate of drug-likeness (QED) is 0.241. The predicted molar refractivity (Wildman–Crippen MR) is 170 cm³/mol. The van der Waals surface area contributed by atoms with Crippen LogP contribution in [0, 0.1) is 19.8 Å². The molecule has 1 amide bonds. The van der Waals surface area contributed by atoms with Gasteiger partial charge in [-0.25, -0.2) is 18.1 Å². The minimum atomic E-state index is -4.13. The lowest BCUT2D eigenvalue weighted by atomic mass is 10.00. The van der Waals surface area contributed by atoms with E-state index in [1.165, 1.54) is 12.1 Å². The average Bonchev–Trinajstić information content (AvgIpc) is 2.99. The van der Waals surface area contributed by atoms with Gasteiger partial charge in [0.15, 0.2) is 0 Å². The number of nitrogens with one attached hydrogen (secondary N) is 1. The van der Waals surface area contributed by atoms with Crippen molar-refractivity contribution in [2.24, 2.45) is 5.92 Å². The summed E-state index contributed by atoms with van der Waals surface area (Å²) in [5.41, 5.74) is 4.67. The summed E-state index contributed by atoms with van der Waals surface area (Å²) >= 11 is 0. The van der Waals surface area contributed by atoms with Crippen molar-refractivity contribution >= 4 is 21.9 Å². The van der Waals surface area contributed by atoms with E-state index in [2.05, 4.69) is 28.5 Å². The predicted octanol–water partition coefficient (Wildman–Crippen LogP) is 6.03. The number of hydrogen-bond donors (Lipinski definition) is 1. The van der Waals surface area contributed by atoms with Gasteiger partial charge in [-0.1, -0.05) is 68.4 Å². The van der Waals surface area contributed by atoms with Crippen LogP contribution in [0.25, 0.3) is 11.3 Å². The molecule has 4 bridgehead atoms. The topological polar surface area (TPSA) is 111 Å². The van der Waals surface area contributed by atoms with Crippen LogP contribution in [0.3, 0.4) is 0 Å². The summed E-state index contributed by atoms with van der Waals surface area (Å²) in [6, 6.07) is 23.2. The van der Waals surface area contributed by atoms with Gasteiger partial charge in [-0.05, 0) is 61.1 Å². The molecule has 9 nitrogen and oxygen atoms in total. The normalized spacial score (nSPS) is 16.3. The van der Waals surface area contributed by atoms with E-state index in [4.69, 9.17) is 9.47 Å². The van der Waals surface area contributed by atoms with Crippen LogP contribution in [0.15, 0.2) is 83.8 Å². The zero-order valence-corrected chi connectivity index (χ0v) is 26.3. The Morgan fingerprint density at radius 1 is 0.977 bits per heavy atom. The molecule has 0 fully saturated rings. The molecule has 4 aromatic rings. The second-order valence-electron chi connectivity index (χ2n) is 11.4. The van der Waals surface area contributed by atoms with E-state index in [9.17, 15) is 13.2 Å². The molecule has 0 radical (unpaired) electrons. The summed E-state index contributed by atoms with van der Waals surface area (Å²) in [6.07, 6.45) is 0.655. The van der Waals surface area contributed by atoms with Crippen molar-refractivity contribution < 1.29 is 22.7 Å². The number of aryl methyl sites for hydroxylation is 2. The molecule has 230 valence electrons. The van der Waals surface area contributed by atoms with Gasteiger partial charge in [0.1, 0.15) is 6.61 Å². The Bertz CT molecular complexity index is 1710. The maximum atomic E-state index is 14.1. The molecule has 5 rings (SSSR count). The number of carbonyl (C=O) groups is 1. The van der Waals surface area contributed by atoms with Crippen LogP contribution in [-0.2, 0) is 21.4 Å². The highest BCUT2D eigenvalue weighted by molar-refractivity contribution is 7.92. The third kappa shape index (κ3) is 7.43. The van der Waals surface area contributed by atoms with Crippen molar-refractivity contribution in [2.75, 3.05) is 24.5 Å². The molecule has 1 N–H and O–H groups in total. The lowest BCUT2D eigenvalue weighted by molar-refractivity contribution is 0.0404. The fourth-order valence-corrected chi connectivity index (χ4v) is 6.41. The van der Waals surface area contributed by atoms with Crippen LogP contribution in [0.1, 0.15) is 47.3 Å². The van der Waals surface area contributed by atoms with Crippen molar-refractivity contribution in [1.29, 1.82) is 0 Å². The van der Waals surface area contributed by atoms with Crippen molar-refractivity contribution in [3.05, 3.63) is 101 Å². The van der Waals surface area contributed by atoms with Crippen molar-refractivity contribution in [1.82, 2.24) is 14.9 Å². The zero-order chi connectivity index (χ0) is 31.3. The third-order valence-corrected chi connectivity index (χ3v) is 8.84. The molecule has 3 aromatic carbocycles. The SMILES string of the molecule is Cc1cccc(C)c1-c1cc2nc(n1)NS(=O)(=O)c1cccc(c1)C(=O)N(CCOCc1ccccc1)[C@H](CC(C)C)CO2. The highest BCUT2D eigenvalue weighted by Crippen LogP contribution is 2.30. The van der Waals surface area contributed by atoms with Crippen LogP contribution in [0.5, 0.6) is 5.88 Å². The first kappa shape index (κ1) is 31.2. The number of hydrogen-bond acceptors (Lipinski definition) is 7. The fraction of sp³-hybridized carbons (Fsp3) is 0.324. The van der Waals surface area contributed by atoms with E-state index in [0.29, 0.717) is 31.9 Å². The maximum absolute atomic E-state index is 14.1. The van der Waals surface area contributed by atoms with E-state index in [1.54, 1.807) is 23.1 Å². The average molecular weight is 615 g/mol. The minimum Gasteiger partial charge on any atom is -0.475 e. The zero-order valence-electron chi connectivity index (χ0n) is 25.5. The van der Waals surface area contributed by atoms with Gasteiger partial charge in [-0.2, -0.15) is 4.98 Å². The Balaban J connectivity index is 1.54. The smallest absolute Gasteiger partial charge is 0.264 e. The number of benzene rings is 3. The number of nitrogens with zero attached hydrogens (tertiary/aromatic N) is 3. The van der Waals surface area contributed by atoms with Gasteiger partial charge < -0.3 is 14.4 Å². The monoisotopic (exact) mass is 614 g/mol. The Morgan fingerprint density at radius 2 is 1.70 bits per heavy atom. The summed E-state index contributed by atoms with van der Waals surface area (Å²) < 4.78 is 41.8. The van der Waals surface area contributed by atoms with Gasteiger partial charge in [0.2, 0.25) is 11.8 Å². The van der Waals surface area contributed by atoms with Gasteiger partial charge >= 0.3 is 0 Å². The number of aromatic nitrogens is 2. The maximum Gasteiger partial charge on any atom is 0.264 e. The molecule has 44 heavy (non-hydrogen) atoms. The second-order valence-corrected chi connectivity index (χ2v) is 13.1. The van der Waals surface area contributed by atoms with Gasteiger partial charge in [0, 0.05) is 23.7 Å². The first-order chi connectivity index (χ1) is 21.1. The number of amides is 1. The van der Waals surface area contributed by atoms with Crippen LogP contribution in [0.4, 0.5) is 5.95 Å². The Kier molecular flexibility index (Phi) is 9.61. The number of carbonyl (C=O) groups excluding carboxylic acids is 1. The molecule has 1 aliphatic rings. The van der Waals surface area contributed by atoms with Crippen LogP contribution in [0.2, 0.25) is 0 Å². The highest BCUT2D eigenvalue weighted by atomic mass is 32.2. The number of anilines is 1. The molecule has 1 atom stereocenters. The summed E-state index contributed by atoms with van der Waals surface area (Å²) in [7, 11) is -4.13. The molecule has 0 spiro atoms. The van der Waals surface area contributed by atoms with Crippen LogP contribution in [-0.4, -0.2) is 55.0 Å². The molecular formula is C34H38N4O5S. The van der Waals surface area contributed by atoms with Gasteiger partial charge in [0.25, 0.3) is 15.9 Å². The molecule has 0 saturated carbocycles. The van der Waals surface area contributed by atoms with E-state index in [1.807, 2.05) is 62.4 Å². The summed E-state index contributed by atoms with van der Waals surface area (Å²) in [4.78, 5) is 24.7. The Morgan fingerprint density at radius 3 is 2.43 bits per heavy atom. The largest absolute Gasteiger partial charge is 0.475 e. The summed E-state index contributed by atoms with van der Waals surface area (Å²) in [6.45, 7) is 9.29. The number of sulfonamides is 1. The van der Waals surface area contributed by atoms with E-state index in [-0.39, 0.29) is 46.8 Å². The molecule has 0 aliphatic carbocycles. The number of ether oxygens (including phenoxy) is 2. The Labute approximate surface area is 259 Å². The summed E-state index contributed by atoms with van der Waals surface area (Å²) in [5.74, 6) is 0.0534. The number of rotatable bonds is 8. The van der Waals surface area contributed by atoms with Gasteiger partial charge in [-0.3, -0.25) is 4.79 Å². The summed E-state index contributed by atoms with van der Waals surface area (Å²) in [5, 5.41) is 0. The van der Waals surface area contributed by atoms with Crippen molar-refractivity contribution in [3.8, 4) is 17.1 Å². The van der Waals surface area contributed by atoms with Gasteiger partial charge in [0.05, 0.1) is 29.8 Å². The minimum absolute atomic E-state index is 0.0631.